The van der Waals surface area contributed by atoms with Gasteiger partial charge in [0.1, 0.15) is 0 Å². The predicted molar refractivity (Wildman–Crippen MR) is 77.2 cm³/mol. The minimum Gasteiger partial charge on any atom is -0.381 e. The van der Waals surface area contributed by atoms with Crippen molar-refractivity contribution in [3.05, 3.63) is 33.4 Å². The molecule has 1 aromatic carbocycles. The van der Waals surface area contributed by atoms with Crippen molar-refractivity contribution in [1.29, 1.82) is 0 Å². The van der Waals surface area contributed by atoms with E-state index in [2.05, 4.69) is 47.0 Å². The molecule has 0 saturated carbocycles. The Balaban J connectivity index is 2.70. The summed E-state index contributed by atoms with van der Waals surface area (Å²) in [5, 5.41) is 8.69. The molecule has 0 amide bonds. The van der Waals surface area contributed by atoms with Crippen molar-refractivity contribution in [3.8, 4) is 5.69 Å². The lowest BCUT2D eigenvalue weighted by Gasteiger charge is -2.20. The van der Waals surface area contributed by atoms with Crippen molar-refractivity contribution in [2.45, 2.75) is 26.2 Å². The molecule has 0 spiro atoms. The molecular weight excluding hydrogens is 316 g/mol. The highest BCUT2D eigenvalue weighted by atomic mass is 79.9. The predicted octanol–water partition coefficient (Wildman–Crippen LogP) is 3.56. The highest BCUT2D eigenvalue weighted by Crippen LogP contribution is 2.33. The number of benzene rings is 1. The third-order valence-corrected chi connectivity index (χ3v) is 3.94. The number of hydrogen-bond donors (Lipinski definition) is 1. The molecule has 0 aliphatic heterocycles. The van der Waals surface area contributed by atoms with Crippen LogP contribution in [0.5, 0.6) is 0 Å². The van der Waals surface area contributed by atoms with Crippen LogP contribution in [0.15, 0.2) is 22.7 Å². The summed E-state index contributed by atoms with van der Waals surface area (Å²) in [7, 11) is 0. The van der Waals surface area contributed by atoms with Crippen LogP contribution in [0.2, 0.25) is 5.02 Å². The second-order valence-corrected chi connectivity index (χ2v) is 6.26. The molecule has 96 valence electrons. The van der Waals surface area contributed by atoms with Crippen molar-refractivity contribution in [3.63, 3.8) is 0 Å². The van der Waals surface area contributed by atoms with Gasteiger partial charge in [0.05, 0.1) is 20.9 Å². The molecule has 0 atom stereocenters. The van der Waals surface area contributed by atoms with Crippen LogP contribution in [-0.4, -0.2) is 15.0 Å². The normalized spacial score (nSPS) is 11.8. The Hall–Kier alpha value is -1.07. The third kappa shape index (κ3) is 2.24. The molecule has 0 saturated heterocycles. The van der Waals surface area contributed by atoms with Crippen LogP contribution >= 0.6 is 27.5 Å². The van der Waals surface area contributed by atoms with Gasteiger partial charge in [-0.3, -0.25) is 0 Å². The quantitative estimate of drug-likeness (QED) is 0.870. The SMILES string of the molecule is CC(C)(C)c1c(N)nnn1-c1cccc(Cl)c1Br. The number of rotatable bonds is 1. The summed E-state index contributed by atoms with van der Waals surface area (Å²) in [4.78, 5) is 0. The maximum Gasteiger partial charge on any atom is 0.170 e. The lowest BCUT2D eigenvalue weighted by molar-refractivity contribution is 0.544. The molecule has 2 aromatic rings. The van der Waals surface area contributed by atoms with E-state index < -0.39 is 0 Å². The lowest BCUT2D eigenvalue weighted by Crippen LogP contribution is -2.19. The van der Waals surface area contributed by atoms with E-state index in [9.17, 15) is 0 Å². The lowest BCUT2D eigenvalue weighted by atomic mass is 9.91. The van der Waals surface area contributed by atoms with E-state index in [-0.39, 0.29) is 5.41 Å². The summed E-state index contributed by atoms with van der Waals surface area (Å²) >= 11 is 9.56. The zero-order valence-corrected chi connectivity index (χ0v) is 12.7. The number of nitrogens with two attached hydrogens (primary N) is 1. The Kier molecular flexibility index (Phi) is 3.38. The highest BCUT2D eigenvalue weighted by Gasteiger charge is 2.25. The smallest absolute Gasteiger partial charge is 0.170 e. The van der Waals surface area contributed by atoms with Crippen LogP contribution in [-0.2, 0) is 5.41 Å². The van der Waals surface area contributed by atoms with Gasteiger partial charge in [0.15, 0.2) is 5.82 Å². The Morgan fingerprint density at radius 1 is 1.33 bits per heavy atom. The molecule has 0 fully saturated rings. The van der Waals surface area contributed by atoms with E-state index in [1.807, 2.05) is 18.2 Å². The van der Waals surface area contributed by atoms with Crippen molar-refractivity contribution in [1.82, 2.24) is 15.0 Å². The molecule has 2 N–H and O–H groups in total. The summed E-state index contributed by atoms with van der Waals surface area (Å²) in [6.07, 6.45) is 0. The van der Waals surface area contributed by atoms with Gasteiger partial charge in [-0.05, 0) is 28.1 Å². The van der Waals surface area contributed by atoms with Crippen LogP contribution in [0.4, 0.5) is 5.82 Å². The number of hydrogen-bond acceptors (Lipinski definition) is 3. The molecule has 0 aliphatic rings. The minimum atomic E-state index is -0.157. The van der Waals surface area contributed by atoms with Crippen LogP contribution in [0.3, 0.4) is 0 Å². The molecular formula is C12H14BrClN4. The van der Waals surface area contributed by atoms with Gasteiger partial charge in [-0.15, -0.1) is 5.10 Å². The zero-order valence-electron chi connectivity index (χ0n) is 10.4. The molecule has 1 aromatic heterocycles. The van der Waals surface area contributed by atoms with Gasteiger partial charge >= 0.3 is 0 Å². The fourth-order valence-electron chi connectivity index (χ4n) is 1.82. The summed E-state index contributed by atoms with van der Waals surface area (Å²) in [5.41, 5.74) is 7.45. The monoisotopic (exact) mass is 328 g/mol. The number of nitrogens with zero attached hydrogens (tertiary/aromatic N) is 3. The van der Waals surface area contributed by atoms with Crippen LogP contribution in [0.25, 0.3) is 5.69 Å². The fraction of sp³-hybridized carbons (Fsp3) is 0.333. The number of halogens is 2. The Bertz CT molecular complexity index is 586. The second-order valence-electron chi connectivity index (χ2n) is 5.06. The average molecular weight is 330 g/mol. The van der Waals surface area contributed by atoms with Gasteiger partial charge < -0.3 is 5.73 Å². The van der Waals surface area contributed by atoms with Gasteiger partial charge in [0.2, 0.25) is 0 Å². The average Bonchev–Trinajstić information content (AvgIpc) is 2.64. The first-order valence-corrected chi connectivity index (χ1v) is 6.65. The second kappa shape index (κ2) is 4.55. The molecule has 18 heavy (non-hydrogen) atoms. The van der Waals surface area contributed by atoms with E-state index in [1.165, 1.54) is 0 Å². The first-order valence-electron chi connectivity index (χ1n) is 5.48. The fourth-order valence-corrected chi connectivity index (χ4v) is 2.42. The first-order chi connectivity index (χ1) is 8.32. The largest absolute Gasteiger partial charge is 0.381 e. The Morgan fingerprint density at radius 3 is 2.61 bits per heavy atom. The standard InChI is InChI=1S/C12H14BrClN4/c1-12(2,3)10-11(15)16-17-18(10)8-6-4-5-7(14)9(8)13/h4-6H,15H2,1-3H3. The van der Waals surface area contributed by atoms with Crippen molar-refractivity contribution >= 4 is 33.3 Å². The maximum absolute atomic E-state index is 6.10. The Labute approximate surface area is 119 Å². The van der Waals surface area contributed by atoms with Crippen molar-refractivity contribution in [2.75, 3.05) is 5.73 Å². The molecule has 6 heteroatoms. The summed E-state index contributed by atoms with van der Waals surface area (Å²) in [6, 6.07) is 5.60. The summed E-state index contributed by atoms with van der Waals surface area (Å²) in [5.74, 6) is 0.439. The van der Waals surface area contributed by atoms with Gasteiger partial charge in [0, 0.05) is 5.41 Å². The third-order valence-electron chi connectivity index (χ3n) is 2.57. The van der Waals surface area contributed by atoms with E-state index in [0.717, 1.165) is 15.9 Å². The van der Waals surface area contributed by atoms with Crippen molar-refractivity contribution in [2.24, 2.45) is 0 Å². The number of anilines is 1. The van der Waals surface area contributed by atoms with Gasteiger partial charge in [-0.25, -0.2) is 4.68 Å². The topological polar surface area (TPSA) is 56.7 Å². The van der Waals surface area contributed by atoms with Crippen LogP contribution in [0.1, 0.15) is 26.5 Å². The minimum absolute atomic E-state index is 0.157. The zero-order chi connectivity index (χ0) is 13.5. The van der Waals surface area contributed by atoms with Gasteiger partial charge in [0.25, 0.3) is 0 Å². The maximum atomic E-state index is 6.10. The van der Waals surface area contributed by atoms with Gasteiger partial charge in [-0.1, -0.05) is 43.7 Å². The summed E-state index contributed by atoms with van der Waals surface area (Å²) < 4.78 is 2.51. The molecule has 0 bridgehead atoms. The summed E-state index contributed by atoms with van der Waals surface area (Å²) in [6.45, 7) is 6.20. The van der Waals surface area contributed by atoms with E-state index in [1.54, 1.807) is 4.68 Å². The van der Waals surface area contributed by atoms with Crippen LogP contribution in [0, 0.1) is 0 Å². The molecule has 2 rings (SSSR count). The van der Waals surface area contributed by atoms with E-state index in [4.69, 9.17) is 17.3 Å². The van der Waals surface area contributed by atoms with E-state index >= 15 is 0 Å². The Morgan fingerprint density at radius 2 is 2.00 bits per heavy atom. The molecule has 1 heterocycles. The van der Waals surface area contributed by atoms with E-state index in [0.29, 0.717) is 10.8 Å². The number of aromatic nitrogens is 3. The number of nitrogen functional groups attached to an aromatic ring is 1. The van der Waals surface area contributed by atoms with Crippen LogP contribution < -0.4 is 5.73 Å². The first kappa shape index (κ1) is 13.4. The molecule has 4 nitrogen and oxygen atoms in total. The van der Waals surface area contributed by atoms with Crippen molar-refractivity contribution < 1.29 is 0 Å². The molecule has 0 radical (unpaired) electrons. The molecule has 0 aliphatic carbocycles. The van der Waals surface area contributed by atoms with Gasteiger partial charge in [-0.2, -0.15) is 0 Å². The molecule has 0 unspecified atom stereocenters. The highest BCUT2D eigenvalue weighted by molar-refractivity contribution is 9.10.